The summed E-state index contributed by atoms with van der Waals surface area (Å²) in [6.45, 7) is 0. The minimum absolute atomic E-state index is 0.0458. The van der Waals surface area contributed by atoms with Gasteiger partial charge in [0.05, 0.1) is 11.4 Å². The van der Waals surface area contributed by atoms with Crippen LogP contribution in [-0.2, 0) is 16.2 Å². The monoisotopic (exact) mass is 860 g/mol. The van der Waals surface area contributed by atoms with E-state index in [1.165, 1.54) is 50.9 Å². The van der Waals surface area contributed by atoms with Crippen LogP contribution >= 0.6 is 0 Å². The molecule has 0 heterocycles. The zero-order valence-corrected chi connectivity index (χ0v) is 37.0. The maximum absolute atomic E-state index is 14.1. The summed E-state index contributed by atoms with van der Waals surface area (Å²) in [5.74, 6) is 0. The van der Waals surface area contributed by atoms with Gasteiger partial charge < -0.3 is 0 Å². The number of benzene rings is 6. The lowest BCUT2D eigenvalue weighted by Crippen LogP contribution is -2.35. The Morgan fingerprint density at radius 1 is 0.348 bits per heavy atom. The van der Waals surface area contributed by atoms with Gasteiger partial charge in [-0.15, -0.1) is 0 Å². The van der Waals surface area contributed by atoms with Crippen molar-refractivity contribution >= 4 is 55.2 Å². The molecular weight excluding hydrogens is 813 g/mol. The third-order valence-corrected chi connectivity index (χ3v) is 17.5. The second-order valence-electron chi connectivity index (χ2n) is 20.7. The van der Waals surface area contributed by atoms with Crippen molar-refractivity contribution in [3.63, 3.8) is 0 Å². The molecule has 14 rings (SSSR count). The molecule has 3 fully saturated rings. The highest BCUT2D eigenvalue weighted by molar-refractivity contribution is 6.00. The van der Waals surface area contributed by atoms with Crippen molar-refractivity contribution in [2.75, 3.05) is 0 Å². The number of allylic oxidation sites excluding steroid dienone is 2. The summed E-state index contributed by atoms with van der Waals surface area (Å²) < 4.78 is 0. The Morgan fingerprint density at radius 2 is 0.667 bits per heavy atom. The van der Waals surface area contributed by atoms with Crippen LogP contribution in [0.15, 0.2) is 138 Å². The Kier molecular flexibility index (Phi) is 8.01. The van der Waals surface area contributed by atoms with Gasteiger partial charge in [0, 0.05) is 37.8 Å². The van der Waals surface area contributed by atoms with Crippen molar-refractivity contribution in [2.45, 2.75) is 113 Å². The molecule has 0 unspecified atom stereocenters. The van der Waals surface area contributed by atoms with Crippen molar-refractivity contribution in [1.82, 2.24) is 0 Å². The van der Waals surface area contributed by atoms with Crippen LogP contribution < -0.4 is 32.4 Å². The van der Waals surface area contributed by atoms with Gasteiger partial charge in [0.2, 0.25) is 21.7 Å². The van der Waals surface area contributed by atoms with Gasteiger partial charge in [0.15, 0.2) is 10.7 Å². The van der Waals surface area contributed by atoms with Crippen LogP contribution in [0.1, 0.15) is 130 Å². The summed E-state index contributed by atoms with van der Waals surface area (Å²) >= 11 is 0. The Bertz CT molecular complexity index is 3520. The highest BCUT2D eigenvalue weighted by atomic mass is 16.1. The minimum atomic E-state index is -0.381. The average molecular weight is 861 g/mol. The topological polar surface area (TPSA) is 93.0 Å². The highest BCUT2D eigenvalue weighted by Gasteiger charge is 2.51. The fraction of sp³-hybridized carbons (Fsp3) is 0.300. The first-order valence-corrected chi connectivity index (χ1v) is 24.5. The molecule has 0 aromatic heterocycles. The molecule has 6 nitrogen and oxygen atoms in total. The molecule has 8 aromatic rings. The van der Waals surface area contributed by atoms with E-state index >= 15 is 0 Å². The zero-order chi connectivity index (χ0) is 44.1. The molecule has 0 amide bonds. The van der Waals surface area contributed by atoms with E-state index < -0.39 is 0 Å². The van der Waals surface area contributed by atoms with Gasteiger partial charge >= 0.3 is 0 Å². The van der Waals surface area contributed by atoms with Gasteiger partial charge in [-0.2, -0.15) is 0 Å². The Morgan fingerprint density at radius 3 is 1.00 bits per heavy atom. The summed E-state index contributed by atoms with van der Waals surface area (Å²) in [5, 5.41) is 5.68. The summed E-state index contributed by atoms with van der Waals surface area (Å²) in [6, 6.07) is 33.2. The largest absolute Gasteiger partial charge is 0.287 e. The van der Waals surface area contributed by atoms with E-state index in [9.17, 15) is 19.2 Å². The molecule has 3 saturated carbocycles. The molecule has 8 aromatic carbocycles. The quantitative estimate of drug-likeness (QED) is 0.173. The van der Waals surface area contributed by atoms with Gasteiger partial charge in [0.1, 0.15) is 0 Å². The smallest absolute Gasteiger partial charge is 0.216 e. The zero-order valence-electron chi connectivity index (χ0n) is 37.0. The van der Waals surface area contributed by atoms with Gasteiger partial charge in [-0.05, 0) is 165 Å². The predicted molar refractivity (Wildman–Crippen MR) is 265 cm³/mol. The lowest BCUT2D eigenvalue weighted by Gasteiger charge is -2.38. The van der Waals surface area contributed by atoms with Crippen LogP contribution in [0.5, 0.6) is 0 Å². The standard InChI is InChI=1S/C60H48N2O4/c63-54-42-24-34-14-4-5-15-35(34)25-43(42)55(64)52(54)61-50-30-38-28-48-40(32-46(38)59(50)20-10-2-11-21-59)41-33-47-39(29-49(41)58(48)18-8-1-9-19-58)31-51(60(47)22-12-3-13-23-60)62-53-56(65)44-26-36-16-6-7-17-37(36)27-45(44)57(53)66/h4-7,14-17,24-33H,1-3,8-13,18-23H2. The van der Waals surface area contributed by atoms with Crippen molar-refractivity contribution in [3.05, 3.63) is 193 Å². The number of rotatable bonds is 2. The lowest BCUT2D eigenvalue weighted by atomic mass is 9.66. The van der Waals surface area contributed by atoms with Crippen LogP contribution in [0, 0.1) is 0 Å². The fourth-order valence-corrected chi connectivity index (χ4v) is 14.3. The number of hydrogen-bond donors (Lipinski definition) is 0. The van der Waals surface area contributed by atoms with Crippen molar-refractivity contribution < 1.29 is 0 Å². The molecule has 0 atom stereocenters. The second kappa shape index (κ2) is 13.7. The first-order valence-electron chi connectivity index (χ1n) is 24.5. The van der Waals surface area contributed by atoms with Gasteiger partial charge in [-0.25, -0.2) is 9.98 Å². The maximum Gasteiger partial charge on any atom is 0.216 e. The summed E-state index contributed by atoms with van der Waals surface area (Å²) in [4.78, 5) is 66.9. The normalized spacial score (nSPS) is 19.7. The van der Waals surface area contributed by atoms with E-state index in [1.807, 2.05) is 72.8 Å². The molecule has 6 heteroatoms. The average Bonchev–Trinajstić information content (AvgIpc) is 4.03. The molecule has 0 aliphatic heterocycles. The van der Waals surface area contributed by atoms with E-state index in [0.717, 1.165) is 123 Å². The second-order valence-corrected chi connectivity index (χ2v) is 20.7. The fourth-order valence-electron chi connectivity index (χ4n) is 14.3. The van der Waals surface area contributed by atoms with Crippen molar-refractivity contribution in [2.24, 2.45) is 9.98 Å². The first kappa shape index (κ1) is 38.6. The molecule has 6 aliphatic carbocycles. The third-order valence-electron chi connectivity index (χ3n) is 17.5. The molecule has 3 spiro atoms. The Hall–Kier alpha value is -6.66. The summed E-state index contributed by atoms with van der Waals surface area (Å²) in [5.41, 5.74) is 10.1. The SMILES string of the molecule is O=c1c(=NC2=Cc3cc4c(cc3C23CCCCC3)-c2cc3c(cc2C42CCCCC2)C=C(N=c2c(=O)c4cc5ccccc5cc4c2=O)C32CCCCC2)c(=O)c2cc3ccccc3cc12. The highest BCUT2D eigenvalue weighted by Crippen LogP contribution is 2.62. The summed E-state index contributed by atoms with van der Waals surface area (Å²) in [6.07, 6.45) is 20.4. The number of hydrogen-bond acceptors (Lipinski definition) is 6. The van der Waals surface area contributed by atoms with Crippen LogP contribution in [0.3, 0.4) is 0 Å². The molecule has 0 saturated heterocycles. The molecule has 0 N–H and O–H groups in total. The van der Waals surface area contributed by atoms with Crippen LogP contribution in [-0.4, -0.2) is 0 Å². The van der Waals surface area contributed by atoms with E-state index in [0.29, 0.717) is 21.5 Å². The molecule has 0 bridgehead atoms. The minimum Gasteiger partial charge on any atom is -0.287 e. The predicted octanol–water partition coefficient (Wildman–Crippen LogP) is 11.0. The Labute approximate surface area is 380 Å². The lowest BCUT2D eigenvalue weighted by molar-refractivity contribution is 0.340. The van der Waals surface area contributed by atoms with Crippen LogP contribution in [0.25, 0.3) is 66.4 Å². The van der Waals surface area contributed by atoms with Crippen LogP contribution in [0.2, 0.25) is 0 Å². The Balaban J connectivity index is 0.944. The summed E-state index contributed by atoms with van der Waals surface area (Å²) in [7, 11) is 0. The maximum atomic E-state index is 14.1. The van der Waals surface area contributed by atoms with Gasteiger partial charge in [0.25, 0.3) is 0 Å². The van der Waals surface area contributed by atoms with Crippen molar-refractivity contribution in [3.8, 4) is 11.1 Å². The van der Waals surface area contributed by atoms with E-state index in [-0.39, 0.29) is 48.7 Å². The molecule has 6 aliphatic rings. The molecule has 0 radical (unpaired) electrons. The van der Waals surface area contributed by atoms with Gasteiger partial charge in [-0.3, -0.25) is 19.2 Å². The first-order chi connectivity index (χ1) is 32.3. The van der Waals surface area contributed by atoms with Gasteiger partial charge in [-0.1, -0.05) is 106 Å². The van der Waals surface area contributed by atoms with E-state index in [2.05, 4.69) is 36.4 Å². The molecule has 66 heavy (non-hydrogen) atoms. The number of nitrogens with zero attached hydrogens (tertiary/aromatic N) is 2. The molecule has 322 valence electrons. The molecular formula is C60H48N2O4. The van der Waals surface area contributed by atoms with E-state index in [4.69, 9.17) is 9.98 Å². The van der Waals surface area contributed by atoms with Crippen LogP contribution in [0.4, 0.5) is 0 Å². The third kappa shape index (κ3) is 5.08. The van der Waals surface area contributed by atoms with E-state index in [1.54, 1.807) is 0 Å². The van der Waals surface area contributed by atoms with Crippen molar-refractivity contribution in [1.29, 1.82) is 0 Å². The number of fused-ring (bicyclic) bond motifs is 13.